The first-order chi connectivity index (χ1) is 8.63. The molecule has 0 aromatic heterocycles. The highest BCUT2D eigenvalue weighted by Gasteiger charge is 2.19. The van der Waals surface area contributed by atoms with E-state index in [4.69, 9.17) is 0 Å². The molecule has 0 saturated heterocycles. The number of carbonyl (C=O) groups is 1. The molecule has 90 valence electrons. The molecule has 1 heterocycles. The standard InChI is InChI=1S/C14H11NO3/c16-9-1-3-11-8(5-9)6-14(18)15-13-7-10(17)2-4-12(11)13/h1-5,7,16-17H,6H2,(H,15,18). The van der Waals surface area contributed by atoms with Crippen LogP contribution in [0.15, 0.2) is 36.4 Å². The maximum absolute atomic E-state index is 11.8. The van der Waals surface area contributed by atoms with Gasteiger partial charge in [0.15, 0.2) is 0 Å². The minimum absolute atomic E-state index is 0.108. The molecule has 1 amide bonds. The number of phenolic OH excluding ortho intramolecular Hbond substituents is 2. The molecule has 0 radical (unpaired) electrons. The van der Waals surface area contributed by atoms with E-state index in [0.717, 1.165) is 16.7 Å². The van der Waals surface area contributed by atoms with Crippen molar-refractivity contribution in [3.05, 3.63) is 42.0 Å². The monoisotopic (exact) mass is 241 g/mol. The van der Waals surface area contributed by atoms with Crippen LogP contribution >= 0.6 is 0 Å². The molecule has 1 aliphatic heterocycles. The predicted molar refractivity (Wildman–Crippen MR) is 67.5 cm³/mol. The highest BCUT2D eigenvalue weighted by Crippen LogP contribution is 2.37. The van der Waals surface area contributed by atoms with Crippen LogP contribution in [0.3, 0.4) is 0 Å². The summed E-state index contributed by atoms with van der Waals surface area (Å²) in [6.07, 6.45) is 0.208. The SMILES string of the molecule is O=C1Cc2cc(O)ccc2-c2ccc(O)cc2N1. The minimum Gasteiger partial charge on any atom is -0.508 e. The van der Waals surface area contributed by atoms with E-state index in [9.17, 15) is 15.0 Å². The van der Waals surface area contributed by atoms with Crippen molar-refractivity contribution >= 4 is 11.6 Å². The molecule has 18 heavy (non-hydrogen) atoms. The number of fused-ring (bicyclic) bond motifs is 3. The second kappa shape index (κ2) is 3.77. The smallest absolute Gasteiger partial charge is 0.228 e. The molecule has 0 unspecified atom stereocenters. The van der Waals surface area contributed by atoms with Gasteiger partial charge in [0.2, 0.25) is 5.91 Å². The Morgan fingerprint density at radius 1 is 0.944 bits per heavy atom. The number of carbonyl (C=O) groups excluding carboxylic acids is 1. The van der Waals surface area contributed by atoms with Crippen LogP contribution in [0.1, 0.15) is 5.56 Å². The maximum Gasteiger partial charge on any atom is 0.228 e. The summed E-state index contributed by atoms with van der Waals surface area (Å²) in [6.45, 7) is 0. The van der Waals surface area contributed by atoms with E-state index in [-0.39, 0.29) is 23.8 Å². The number of rotatable bonds is 0. The molecule has 2 aromatic rings. The fraction of sp³-hybridized carbons (Fsp3) is 0.0714. The largest absolute Gasteiger partial charge is 0.508 e. The number of hydrogen-bond acceptors (Lipinski definition) is 3. The third-order valence-corrected chi connectivity index (χ3v) is 3.01. The van der Waals surface area contributed by atoms with Gasteiger partial charge in [-0.3, -0.25) is 4.79 Å². The second-order valence-electron chi connectivity index (χ2n) is 4.30. The van der Waals surface area contributed by atoms with Crippen molar-refractivity contribution in [2.75, 3.05) is 5.32 Å². The van der Waals surface area contributed by atoms with Gasteiger partial charge >= 0.3 is 0 Å². The van der Waals surface area contributed by atoms with E-state index < -0.39 is 0 Å². The van der Waals surface area contributed by atoms with Crippen molar-refractivity contribution in [1.29, 1.82) is 0 Å². The average molecular weight is 241 g/mol. The molecule has 0 spiro atoms. The van der Waals surface area contributed by atoms with Gasteiger partial charge in [0, 0.05) is 11.6 Å². The van der Waals surface area contributed by atoms with E-state index in [1.807, 2.05) is 0 Å². The molecule has 3 rings (SSSR count). The van der Waals surface area contributed by atoms with Gasteiger partial charge in [-0.1, -0.05) is 6.07 Å². The van der Waals surface area contributed by atoms with Crippen LogP contribution in [0.2, 0.25) is 0 Å². The number of benzene rings is 2. The van der Waals surface area contributed by atoms with Gasteiger partial charge in [-0.25, -0.2) is 0 Å². The van der Waals surface area contributed by atoms with E-state index in [2.05, 4.69) is 5.32 Å². The van der Waals surface area contributed by atoms with E-state index >= 15 is 0 Å². The van der Waals surface area contributed by atoms with Crippen LogP contribution in [-0.4, -0.2) is 16.1 Å². The topological polar surface area (TPSA) is 69.6 Å². The lowest BCUT2D eigenvalue weighted by atomic mass is 9.97. The summed E-state index contributed by atoms with van der Waals surface area (Å²) in [6, 6.07) is 9.82. The van der Waals surface area contributed by atoms with Crippen molar-refractivity contribution in [3.63, 3.8) is 0 Å². The minimum atomic E-state index is -0.161. The first kappa shape index (κ1) is 10.7. The quantitative estimate of drug-likeness (QED) is 0.662. The Morgan fingerprint density at radius 2 is 1.61 bits per heavy atom. The summed E-state index contributed by atoms with van der Waals surface area (Å²) >= 11 is 0. The normalized spacial score (nSPS) is 13.2. The fourth-order valence-corrected chi connectivity index (χ4v) is 2.23. The molecule has 0 saturated carbocycles. The number of hydrogen-bond donors (Lipinski definition) is 3. The summed E-state index contributed by atoms with van der Waals surface area (Å²) in [7, 11) is 0. The maximum atomic E-state index is 11.8. The van der Waals surface area contributed by atoms with E-state index in [1.54, 1.807) is 30.3 Å². The molecule has 0 atom stereocenters. The van der Waals surface area contributed by atoms with Crippen LogP contribution in [0, 0.1) is 0 Å². The predicted octanol–water partition coefficient (Wildman–Crippen LogP) is 2.26. The first-order valence-electron chi connectivity index (χ1n) is 5.58. The van der Waals surface area contributed by atoms with Crippen LogP contribution in [0.5, 0.6) is 11.5 Å². The second-order valence-corrected chi connectivity index (χ2v) is 4.30. The summed E-state index contributed by atoms with van der Waals surface area (Å²) in [5, 5.41) is 21.7. The molecular weight excluding hydrogens is 230 g/mol. The molecule has 0 aliphatic carbocycles. The van der Waals surface area contributed by atoms with Crippen molar-refractivity contribution in [2.24, 2.45) is 0 Å². The van der Waals surface area contributed by atoms with Crippen molar-refractivity contribution in [1.82, 2.24) is 0 Å². The van der Waals surface area contributed by atoms with E-state index in [0.29, 0.717) is 5.69 Å². The molecule has 2 aromatic carbocycles. The Balaban J connectivity index is 2.28. The molecule has 4 nitrogen and oxygen atoms in total. The van der Waals surface area contributed by atoms with Crippen LogP contribution in [0.4, 0.5) is 5.69 Å². The third kappa shape index (κ3) is 1.68. The van der Waals surface area contributed by atoms with Crippen molar-refractivity contribution in [2.45, 2.75) is 6.42 Å². The lowest BCUT2D eigenvalue weighted by Gasteiger charge is -2.09. The Hall–Kier alpha value is -2.49. The average Bonchev–Trinajstić information content (AvgIpc) is 2.42. The number of phenols is 2. The van der Waals surface area contributed by atoms with Gasteiger partial charge in [-0.05, 0) is 35.4 Å². The van der Waals surface area contributed by atoms with Crippen LogP contribution in [-0.2, 0) is 11.2 Å². The van der Waals surface area contributed by atoms with Crippen LogP contribution in [0.25, 0.3) is 11.1 Å². The Morgan fingerprint density at radius 3 is 2.39 bits per heavy atom. The first-order valence-corrected chi connectivity index (χ1v) is 5.58. The Bertz CT molecular complexity index is 594. The summed E-state index contributed by atoms with van der Waals surface area (Å²) in [4.78, 5) is 11.8. The number of nitrogens with one attached hydrogen (secondary N) is 1. The number of aromatic hydroxyl groups is 2. The summed E-state index contributed by atoms with van der Waals surface area (Å²) in [5.74, 6) is 0.0891. The van der Waals surface area contributed by atoms with Gasteiger partial charge in [0.25, 0.3) is 0 Å². The lowest BCUT2D eigenvalue weighted by Crippen LogP contribution is -2.12. The molecule has 4 heteroatoms. The molecule has 1 aliphatic rings. The number of anilines is 1. The lowest BCUT2D eigenvalue weighted by molar-refractivity contribution is -0.115. The van der Waals surface area contributed by atoms with Gasteiger partial charge < -0.3 is 15.5 Å². The highest BCUT2D eigenvalue weighted by molar-refractivity contribution is 6.01. The van der Waals surface area contributed by atoms with Gasteiger partial charge in [-0.15, -0.1) is 0 Å². The third-order valence-electron chi connectivity index (χ3n) is 3.01. The fourth-order valence-electron chi connectivity index (χ4n) is 2.23. The highest BCUT2D eigenvalue weighted by atomic mass is 16.3. The Labute approximate surface area is 104 Å². The summed E-state index contributed by atoms with van der Waals surface area (Å²) in [5.41, 5.74) is 3.09. The molecule has 3 N–H and O–H groups in total. The molecule has 0 bridgehead atoms. The zero-order chi connectivity index (χ0) is 12.7. The molecule has 0 fully saturated rings. The van der Waals surface area contributed by atoms with Crippen LogP contribution < -0.4 is 5.32 Å². The summed E-state index contributed by atoms with van der Waals surface area (Å²) < 4.78 is 0. The Kier molecular flexibility index (Phi) is 2.23. The molecular formula is C14H11NO3. The number of amides is 1. The van der Waals surface area contributed by atoms with Gasteiger partial charge in [-0.2, -0.15) is 0 Å². The van der Waals surface area contributed by atoms with Crippen molar-refractivity contribution < 1.29 is 15.0 Å². The zero-order valence-electron chi connectivity index (χ0n) is 9.47. The van der Waals surface area contributed by atoms with Gasteiger partial charge in [0.05, 0.1) is 12.1 Å². The van der Waals surface area contributed by atoms with Gasteiger partial charge in [0.1, 0.15) is 11.5 Å². The zero-order valence-corrected chi connectivity index (χ0v) is 9.47. The van der Waals surface area contributed by atoms with E-state index in [1.165, 1.54) is 6.07 Å². The van der Waals surface area contributed by atoms with Crippen molar-refractivity contribution in [3.8, 4) is 22.6 Å².